The molecular formula is C46H90N8O14. The van der Waals surface area contributed by atoms with Gasteiger partial charge in [-0.05, 0) is 26.3 Å². The predicted octanol–water partition coefficient (Wildman–Crippen LogP) is 2.31. The summed E-state index contributed by atoms with van der Waals surface area (Å²) < 4.78 is 82.7. The molecule has 0 aliphatic heterocycles. The number of ether oxygens (including phenoxy) is 14. The summed E-state index contributed by atoms with van der Waals surface area (Å²) in [5.74, 6) is 0. The molecular weight excluding hydrogens is 889 g/mol. The summed E-state index contributed by atoms with van der Waals surface area (Å²) in [6, 6.07) is 0. The molecule has 0 spiro atoms. The SMILES string of the molecule is CCCCCNCCOCCOCCOCCOCCN(CCOCCOCCOCCOCc1cn(CCOCC)nn1)CCOCCOCCOCCOCc1cn(CCOCCC)nn1. The Kier molecular flexibility index (Phi) is 45.1. The van der Waals surface area contributed by atoms with Crippen LogP contribution >= 0.6 is 0 Å². The van der Waals surface area contributed by atoms with E-state index in [4.69, 9.17) is 66.3 Å². The van der Waals surface area contributed by atoms with Gasteiger partial charge in [0.05, 0.1) is 197 Å². The molecule has 2 aromatic heterocycles. The summed E-state index contributed by atoms with van der Waals surface area (Å²) in [5.41, 5.74) is 1.56. The van der Waals surface area contributed by atoms with Crippen molar-refractivity contribution in [1.29, 1.82) is 0 Å². The van der Waals surface area contributed by atoms with Crippen molar-refractivity contribution in [2.75, 3.05) is 205 Å². The number of unbranched alkanes of at least 4 members (excludes halogenated alkanes) is 2. The molecule has 1 N–H and O–H groups in total. The Labute approximate surface area is 406 Å². The zero-order valence-electron chi connectivity index (χ0n) is 42.1. The second kappa shape index (κ2) is 49.6. The van der Waals surface area contributed by atoms with Crippen molar-refractivity contribution in [2.24, 2.45) is 0 Å². The summed E-state index contributed by atoms with van der Waals surface area (Å²) in [6.45, 7) is 26.6. The first-order chi connectivity index (χ1) is 33.7. The molecule has 0 amide bonds. The number of rotatable bonds is 56. The average molecular weight is 979 g/mol. The molecule has 2 rings (SSSR count). The van der Waals surface area contributed by atoms with Crippen molar-refractivity contribution in [3.63, 3.8) is 0 Å². The summed E-state index contributed by atoms with van der Waals surface area (Å²) in [5, 5.41) is 19.8. The molecule has 0 atom stereocenters. The first-order valence-electron chi connectivity index (χ1n) is 25.0. The van der Waals surface area contributed by atoms with Crippen molar-refractivity contribution in [3.8, 4) is 0 Å². The third-order valence-corrected chi connectivity index (χ3v) is 9.54. The van der Waals surface area contributed by atoms with Crippen LogP contribution in [-0.2, 0) is 92.6 Å². The van der Waals surface area contributed by atoms with Crippen molar-refractivity contribution in [2.45, 2.75) is 72.8 Å². The van der Waals surface area contributed by atoms with Crippen molar-refractivity contribution in [1.82, 2.24) is 40.2 Å². The number of nitrogens with zero attached hydrogens (tertiary/aromatic N) is 7. The highest BCUT2D eigenvalue weighted by Crippen LogP contribution is 1.99. The van der Waals surface area contributed by atoms with E-state index in [0.717, 1.165) is 57.1 Å². The van der Waals surface area contributed by atoms with Crippen LogP contribution in [0.2, 0.25) is 0 Å². The Morgan fingerprint density at radius 3 is 1.15 bits per heavy atom. The van der Waals surface area contributed by atoms with E-state index in [1.807, 2.05) is 19.3 Å². The van der Waals surface area contributed by atoms with Gasteiger partial charge < -0.3 is 71.6 Å². The van der Waals surface area contributed by atoms with Gasteiger partial charge in [0.1, 0.15) is 11.4 Å². The van der Waals surface area contributed by atoms with Crippen LogP contribution in [-0.4, -0.2) is 239 Å². The van der Waals surface area contributed by atoms with Crippen LogP contribution in [0.25, 0.3) is 0 Å². The van der Waals surface area contributed by atoms with E-state index in [1.54, 1.807) is 9.36 Å². The van der Waals surface area contributed by atoms with Gasteiger partial charge >= 0.3 is 0 Å². The van der Waals surface area contributed by atoms with Crippen LogP contribution in [0.5, 0.6) is 0 Å². The largest absolute Gasteiger partial charge is 0.380 e. The monoisotopic (exact) mass is 979 g/mol. The lowest BCUT2D eigenvalue weighted by Gasteiger charge is -2.22. The Morgan fingerprint density at radius 1 is 0.382 bits per heavy atom. The summed E-state index contributed by atoms with van der Waals surface area (Å²) in [6.07, 6.45) is 8.46. The highest BCUT2D eigenvalue weighted by atomic mass is 16.6. The molecule has 398 valence electrons. The second-order valence-corrected chi connectivity index (χ2v) is 15.3. The first kappa shape index (κ1) is 61.8. The molecule has 22 nitrogen and oxygen atoms in total. The fraction of sp³-hybridized carbons (Fsp3) is 0.913. The highest BCUT2D eigenvalue weighted by Gasteiger charge is 2.07. The van der Waals surface area contributed by atoms with Crippen LogP contribution in [0.15, 0.2) is 12.4 Å². The summed E-state index contributed by atoms with van der Waals surface area (Å²) in [7, 11) is 0. The van der Waals surface area contributed by atoms with E-state index in [9.17, 15) is 0 Å². The van der Waals surface area contributed by atoms with Gasteiger partial charge in [-0.2, -0.15) is 0 Å². The molecule has 0 saturated heterocycles. The lowest BCUT2D eigenvalue weighted by atomic mass is 10.2. The molecule has 2 heterocycles. The number of hydrogen-bond acceptors (Lipinski definition) is 20. The minimum absolute atomic E-state index is 0.388. The molecule has 68 heavy (non-hydrogen) atoms. The van der Waals surface area contributed by atoms with Gasteiger partial charge in [0, 0.05) is 39.4 Å². The Morgan fingerprint density at radius 2 is 0.750 bits per heavy atom. The first-order valence-corrected chi connectivity index (χ1v) is 25.0. The second-order valence-electron chi connectivity index (χ2n) is 15.3. The van der Waals surface area contributed by atoms with Crippen LogP contribution < -0.4 is 5.32 Å². The molecule has 0 fully saturated rings. The van der Waals surface area contributed by atoms with Crippen molar-refractivity contribution >= 4 is 0 Å². The molecule has 0 aromatic carbocycles. The van der Waals surface area contributed by atoms with E-state index >= 15 is 0 Å². The van der Waals surface area contributed by atoms with Crippen LogP contribution in [0.1, 0.15) is 57.8 Å². The molecule has 0 aliphatic carbocycles. The topological polar surface area (TPSA) is 206 Å². The van der Waals surface area contributed by atoms with Crippen molar-refractivity contribution in [3.05, 3.63) is 23.8 Å². The lowest BCUT2D eigenvalue weighted by molar-refractivity contribution is -0.0153. The average Bonchev–Trinajstić information content (AvgIpc) is 4.01. The van der Waals surface area contributed by atoms with Gasteiger partial charge in [0.25, 0.3) is 0 Å². The number of nitrogens with one attached hydrogen (secondary N) is 1. The minimum atomic E-state index is 0.388. The van der Waals surface area contributed by atoms with Gasteiger partial charge in [0.15, 0.2) is 0 Å². The molecule has 0 bridgehead atoms. The zero-order valence-corrected chi connectivity index (χ0v) is 42.1. The fourth-order valence-corrected chi connectivity index (χ4v) is 5.86. The van der Waals surface area contributed by atoms with Gasteiger partial charge in [0.2, 0.25) is 0 Å². The van der Waals surface area contributed by atoms with Gasteiger partial charge in [-0.3, -0.25) is 4.90 Å². The van der Waals surface area contributed by atoms with E-state index in [2.05, 4.69) is 44.7 Å². The normalized spacial score (nSPS) is 11.8. The maximum absolute atomic E-state index is 5.87. The Hall–Kier alpha value is -2.36. The van der Waals surface area contributed by atoms with Crippen LogP contribution in [0, 0.1) is 0 Å². The highest BCUT2D eigenvalue weighted by molar-refractivity contribution is 4.90. The van der Waals surface area contributed by atoms with E-state index < -0.39 is 0 Å². The number of hydrogen-bond donors (Lipinski definition) is 1. The zero-order chi connectivity index (χ0) is 48.3. The smallest absolute Gasteiger partial charge is 0.108 e. The van der Waals surface area contributed by atoms with Gasteiger partial charge in [-0.25, -0.2) is 9.36 Å². The van der Waals surface area contributed by atoms with Gasteiger partial charge in [-0.1, -0.05) is 37.1 Å². The molecule has 0 aliphatic rings. The van der Waals surface area contributed by atoms with E-state index in [1.165, 1.54) is 19.3 Å². The molecule has 0 radical (unpaired) electrons. The quantitative estimate of drug-likeness (QED) is 0.0945. The maximum Gasteiger partial charge on any atom is 0.108 e. The molecule has 22 heteroatoms. The molecule has 0 saturated carbocycles. The summed E-state index contributed by atoms with van der Waals surface area (Å²) >= 11 is 0. The fourth-order valence-electron chi connectivity index (χ4n) is 5.86. The number of aromatic nitrogens is 6. The van der Waals surface area contributed by atoms with Gasteiger partial charge in [-0.15, -0.1) is 10.2 Å². The molecule has 2 aromatic rings. The third-order valence-electron chi connectivity index (χ3n) is 9.54. The Balaban J connectivity index is 1.47. The van der Waals surface area contributed by atoms with E-state index in [0.29, 0.717) is 191 Å². The predicted molar refractivity (Wildman–Crippen MR) is 254 cm³/mol. The van der Waals surface area contributed by atoms with Crippen LogP contribution in [0.3, 0.4) is 0 Å². The lowest BCUT2D eigenvalue weighted by Crippen LogP contribution is -2.34. The Bertz CT molecular complexity index is 1310. The minimum Gasteiger partial charge on any atom is -0.380 e. The maximum atomic E-state index is 5.87. The van der Waals surface area contributed by atoms with Crippen LogP contribution in [0.4, 0.5) is 0 Å². The van der Waals surface area contributed by atoms with Crippen molar-refractivity contribution < 1.29 is 66.3 Å². The van der Waals surface area contributed by atoms with E-state index in [-0.39, 0.29) is 0 Å². The molecule has 0 unspecified atom stereocenters. The third kappa shape index (κ3) is 40.4. The standard InChI is InChI=1S/C46H90N8O14/c1-4-7-8-9-47-10-17-57-23-27-61-31-32-62-28-24-58-18-11-52(12-19-59-25-29-63-33-35-65-37-39-67-43-45-41-53(50-48-45)14-21-55-6-3)13-20-60-26-30-64-34-36-66-38-40-68-44-46-42-54(51-49-46)15-22-56-16-5-2/h41-42,47H,4-40,43-44H2,1-3H3. The summed E-state index contributed by atoms with van der Waals surface area (Å²) in [4.78, 5) is 2.27.